The lowest BCUT2D eigenvalue weighted by Crippen LogP contribution is -2.04. The van der Waals surface area contributed by atoms with Gasteiger partial charge in [0.15, 0.2) is 5.82 Å². The topological polar surface area (TPSA) is 55.1 Å². The molecular weight excluding hydrogens is 310 g/mol. The SMILES string of the molecule is Cc1cc(Nc2cccc(C)c2C)n2nc(-c3ccccc3)nc2n1. The number of aryl methyl sites for hydroxylation is 2. The van der Waals surface area contributed by atoms with Crippen LogP contribution in [0.3, 0.4) is 0 Å². The molecule has 0 fully saturated rings. The van der Waals surface area contributed by atoms with Crippen LogP contribution in [0.25, 0.3) is 17.2 Å². The van der Waals surface area contributed by atoms with E-state index in [4.69, 9.17) is 0 Å². The van der Waals surface area contributed by atoms with Gasteiger partial charge in [-0.3, -0.25) is 0 Å². The Labute approximate surface area is 146 Å². The van der Waals surface area contributed by atoms with E-state index in [1.54, 1.807) is 4.52 Å². The van der Waals surface area contributed by atoms with Gasteiger partial charge in [0.2, 0.25) is 0 Å². The molecule has 2 heterocycles. The molecule has 2 aromatic carbocycles. The first kappa shape index (κ1) is 15.3. The molecule has 0 spiro atoms. The second-order valence-electron chi connectivity index (χ2n) is 6.17. The number of benzene rings is 2. The molecule has 2 aromatic heterocycles. The molecule has 0 aliphatic heterocycles. The highest BCUT2D eigenvalue weighted by molar-refractivity contribution is 5.65. The summed E-state index contributed by atoms with van der Waals surface area (Å²) in [6.07, 6.45) is 0. The molecule has 4 aromatic rings. The Kier molecular flexibility index (Phi) is 3.69. The molecule has 0 bridgehead atoms. The summed E-state index contributed by atoms with van der Waals surface area (Å²) >= 11 is 0. The number of hydrogen-bond acceptors (Lipinski definition) is 4. The van der Waals surface area contributed by atoms with Crippen molar-refractivity contribution >= 4 is 17.3 Å². The van der Waals surface area contributed by atoms with Crippen molar-refractivity contribution in [2.75, 3.05) is 5.32 Å². The zero-order chi connectivity index (χ0) is 17.4. The molecule has 0 atom stereocenters. The van der Waals surface area contributed by atoms with Crippen LogP contribution >= 0.6 is 0 Å². The van der Waals surface area contributed by atoms with E-state index in [0.29, 0.717) is 11.6 Å². The summed E-state index contributed by atoms with van der Waals surface area (Å²) in [4.78, 5) is 9.10. The zero-order valence-corrected chi connectivity index (χ0v) is 14.5. The Balaban J connectivity index is 1.83. The second kappa shape index (κ2) is 6.02. The smallest absolute Gasteiger partial charge is 0.254 e. The Hall–Kier alpha value is -3.21. The Morgan fingerprint density at radius 1 is 0.880 bits per heavy atom. The van der Waals surface area contributed by atoms with Gasteiger partial charge in [0, 0.05) is 23.0 Å². The average molecular weight is 329 g/mol. The van der Waals surface area contributed by atoms with E-state index in [0.717, 1.165) is 22.8 Å². The summed E-state index contributed by atoms with van der Waals surface area (Å²) < 4.78 is 1.76. The van der Waals surface area contributed by atoms with E-state index in [9.17, 15) is 0 Å². The Morgan fingerprint density at radius 3 is 2.48 bits per heavy atom. The highest BCUT2D eigenvalue weighted by Gasteiger charge is 2.12. The lowest BCUT2D eigenvalue weighted by atomic mass is 10.1. The standard InChI is InChI=1S/C20H19N5/c1-13-8-7-11-17(15(13)3)22-18-12-14(2)21-20-23-19(24-25(18)20)16-9-5-4-6-10-16/h4-12,22H,1-3H3. The van der Waals surface area contributed by atoms with Crippen molar-refractivity contribution in [3.63, 3.8) is 0 Å². The third-order valence-electron chi connectivity index (χ3n) is 4.34. The van der Waals surface area contributed by atoms with Gasteiger partial charge >= 0.3 is 0 Å². The predicted molar refractivity (Wildman–Crippen MR) is 100 cm³/mol. The van der Waals surface area contributed by atoms with Crippen molar-refractivity contribution in [1.29, 1.82) is 0 Å². The molecule has 0 aliphatic rings. The molecule has 0 unspecified atom stereocenters. The van der Waals surface area contributed by atoms with Crippen molar-refractivity contribution in [1.82, 2.24) is 19.6 Å². The van der Waals surface area contributed by atoms with Crippen LogP contribution in [0, 0.1) is 20.8 Å². The van der Waals surface area contributed by atoms with Crippen LogP contribution < -0.4 is 5.32 Å². The molecule has 0 radical (unpaired) electrons. The molecule has 5 nitrogen and oxygen atoms in total. The van der Waals surface area contributed by atoms with E-state index in [2.05, 4.69) is 46.4 Å². The maximum absolute atomic E-state index is 4.65. The number of nitrogens with one attached hydrogen (secondary N) is 1. The minimum Gasteiger partial charge on any atom is -0.340 e. The number of rotatable bonds is 3. The van der Waals surface area contributed by atoms with Gasteiger partial charge in [-0.05, 0) is 38.0 Å². The van der Waals surface area contributed by atoms with Gasteiger partial charge in [0.25, 0.3) is 5.78 Å². The number of fused-ring (bicyclic) bond motifs is 1. The Morgan fingerprint density at radius 2 is 1.68 bits per heavy atom. The van der Waals surface area contributed by atoms with E-state index < -0.39 is 0 Å². The van der Waals surface area contributed by atoms with E-state index in [1.807, 2.05) is 49.4 Å². The van der Waals surface area contributed by atoms with E-state index in [-0.39, 0.29) is 0 Å². The molecular formula is C20H19N5. The normalized spacial score (nSPS) is 11.0. The zero-order valence-electron chi connectivity index (χ0n) is 14.5. The van der Waals surface area contributed by atoms with Crippen molar-refractivity contribution in [3.8, 4) is 11.4 Å². The number of hydrogen-bond donors (Lipinski definition) is 1. The summed E-state index contributed by atoms with van der Waals surface area (Å²) in [5, 5.41) is 8.13. The van der Waals surface area contributed by atoms with Crippen molar-refractivity contribution < 1.29 is 0 Å². The second-order valence-corrected chi connectivity index (χ2v) is 6.17. The highest BCUT2D eigenvalue weighted by Crippen LogP contribution is 2.24. The molecule has 5 heteroatoms. The first-order chi connectivity index (χ1) is 12.1. The summed E-state index contributed by atoms with van der Waals surface area (Å²) in [5.41, 5.74) is 5.39. The van der Waals surface area contributed by atoms with Crippen LogP contribution in [-0.4, -0.2) is 19.6 Å². The summed E-state index contributed by atoms with van der Waals surface area (Å²) in [6.45, 7) is 6.18. The van der Waals surface area contributed by atoms with Crippen LogP contribution in [0.2, 0.25) is 0 Å². The van der Waals surface area contributed by atoms with Crippen LogP contribution in [0.15, 0.2) is 54.6 Å². The summed E-state index contributed by atoms with van der Waals surface area (Å²) in [5.74, 6) is 2.11. The fraction of sp³-hybridized carbons (Fsp3) is 0.150. The largest absolute Gasteiger partial charge is 0.340 e. The van der Waals surface area contributed by atoms with Gasteiger partial charge < -0.3 is 5.32 Å². The molecule has 0 amide bonds. The van der Waals surface area contributed by atoms with Gasteiger partial charge in [-0.25, -0.2) is 4.98 Å². The van der Waals surface area contributed by atoms with Crippen LogP contribution in [0.5, 0.6) is 0 Å². The third-order valence-corrected chi connectivity index (χ3v) is 4.34. The van der Waals surface area contributed by atoms with Gasteiger partial charge in [0.1, 0.15) is 5.82 Å². The van der Waals surface area contributed by atoms with Gasteiger partial charge in [-0.15, -0.1) is 5.10 Å². The number of aromatic nitrogens is 4. The average Bonchev–Trinajstić information content (AvgIpc) is 3.04. The molecule has 0 saturated heterocycles. The maximum atomic E-state index is 4.65. The molecule has 4 rings (SSSR count). The minimum atomic E-state index is 0.589. The first-order valence-electron chi connectivity index (χ1n) is 8.25. The molecule has 124 valence electrons. The summed E-state index contributed by atoms with van der Waals surface area (Å²) in [6, 6.07) is 18.2. The van der Waals surface area contributed by atoms with Crippen molar-refractivity contribution in [2.45, 2.75) is 20.8 Å². The van der Waals surface area contributed by atoms with Crippen LogP contribution in [0.1, 0.15) is 16.8 Å². The van der Waals surface area contributed by atoms with Gasteiger partial charge in [-0.1, -0.05) is 42.5 Å². The van der Waals surface area contributed by atoms with Crippen LogP contribution in [-0.2, 0) is 0 Å². The lowest BCUT2D eigenvalue weighted by Gasteiger charge is -2.12. The van der Waals surface area contributed by atoms with Crippen molar-refractivity contribution in [3.05, 3.63) is 71.4 Å². The third kappa shape index (κ3) is 2.85. The van der Waals surface area contributed by atoms with E-state index in [1.165, 1.54) is 11.1 Å². The monoisotopic (exact) mass is 329 g/mol. The maximum Gasteiger partial charge on any atom is 0.254 e. The fourth-order valence-electron chi connectivity index (χ4n) is 2.81. The molecule has 0 saturated carbocycles. The quantitative estimate of drug-likeness (QED) is 0.603. The van der Waals surface area contributed by atoms with E-state index >= 15 is 0 Å². The van der Waals surface area contributed by atoms with Gasteiger partial charge in [-0.2, -0.15) is 9.50 Å². The number of anilines is 2. The Bertz CT molecular complexity index is 1050. The highest BCUT2D eigenvalue weighted by atomic mass is 15.4. The minimum absolute atomic E-state index is 0.589. The lowest BCUT2D eigenvalue weighted by molar-refractivity contribution is 0.939. The van der Waals surface area contributed by atoms with Gasteiger partial charge in [0.05, 0.1) is 0 Å². The molecule has 25 heavy (non-hydrogen) atoms. The fourth-order valence-corrected chi connectivity index (χ4v) is 2.81. The first-order valence-corrected chi connectivity index (χ1v) is 8.25. The summed E-state index contributed by atoms with van der Waals surface area (Å²) in [7, 11) is 0. The van der Waals surface area contributed by atoms with Crippen LogP contribution in [0.4, 0.5) is 11.5 Å². The van der Waals surface area contributed by atoms with Crippen molar-refractivity contribution in [2.24, 2.45) is 0 Å². The molecule has 0 aliphatic carbocycles. The number of nitrogens with zero attached hydrogens (tertiary/aromatic N) is 4. The predicted octanol–water partition coefficient (Wildman–Crippen LogP) is 4.46. The molecule has 1 N–H and O–H groups in total.